The molecule has 124 valence electrons. The predicted octanol–water partition coefficient (Wildman–Crippen LogP) is 2.21. The van der Waals surface area contributed by atoms with Gasteiger partial charge in [-0.15, -0.1) is 0 Å². The minimum absolute atomic E-state index is 0.0110. The van der Waals surface area contributed by atoms with Gasteiger partial charge in [0.25, 0.3) is 0 Å². The summed E-state index contributed by atoms with van der Waals surface area (Å²) in [6.07, 6.45) is 4.64. The SMILES string of the molecule is CCCn1nc(CCC(=O)NCc2ccco2)c2c1CCOC2. The summed E-state index contributed by atoms with van der Waals surface area (Å²) in [5.74, 6) is 0.772. The van der Waals surface area contributed by atoms with Gasteiger partial charge >= 0.3 is 0 Å². The Hall–Kier alpha value is -2.08. The molecule has 0 unspecified atom stereocenters. The third-order valence-corrected chi connectivity index (χ3v) is 4.04. The van der Waals surface area contributed by atoms with E-state index in [1.807, 2.05) is 12.1 Å². The molecule has 0 aromatic carbocycles. The summed E-state index contributed by atoms with van der Waals surface area (Å²) < 4.78 is 12.9. The highest BCUT2D eigenvalue weighted by Crippen LogP contribution is 2.22. The molecular weight excluding hydrogens is 294 g/mol. The summed E-state index contributed by atoms with van der Waals surface area (Å²) >= 11 is 0. The Labute approximate surface area is 135 Å². The maximum atomic E-state index is 12.0. The van der Waals surface area contributed by atoms with Crippen molar-refractivity contribution in [1.29, 1.82) is 0 Å². The Bertz CT molecular complexity index is 646. The van der Waals surface area contributed by atoms with E-state index in [-0.39, 0.29) is 5.91 Å². The van der Waals surface area contributed by atoms with E-state index >= 15 is 0 Å². The van der Waals surface area contributed by atoms with Crippen LogP contribution >= 0.6 is 0 Å². The summed E-state index contributed by atoms with van der Waals surface area (Å²) in [5, 5.41) is 7.57. The molecule has 2 aromatic rings. The summed E-state index contributed by atoms with van der Waals surface area (Å²) in [7, 11) is 0. The zero-order valence-electron chi connectivity index (χ0n) is 13.5. The second kappa shape index (κ2) is 7.46. The van der Waals surface area contributed by atoms with Crippen LogP contribution in [0.3, 0.4) is 0 Å². The number of rotatable bonds is 7. The fraction of sp³-hybridized carbons (Fsp3) is 0.529. The monoisotopic (exact) mass is 317 g/mol. The zero-order chi connectivity index (χ0) is 16.1. The van der Waals surface area contributed by atoms with Crippen molar-refractivity contribution in [2.24, 2.45) is 0 Å². The Balaban J connectivity index is 1.58. The molecule has 6 nitrogen and oxygen atoms in total. The molecule has 0 aliphatic carbocycles. The molecule has 3 heterocycles. The maximum Gasteiger partial charge on any atom is 0.220 e. The molecule has 2 aromatic heterocycles. The number of hydrogen-bond acceptors (Lipinski definition) is 4. The van der Waals surface area contributed by atoms with E-state index in [0.29, 0.717) is 26.0 Å². The molecule has 6 heteroatoms. The maximum absolute atomic E-state index is 12.0. The fourth-order valence-electron chi connectivity index (χ4n) is 2.90. The van der Waals surface area contributed by atoms with E-state index in [2.05, 4.69) is 16.9 Å². The number of carbonyl (C=O) groups is 1. The minimum Gasteiger partial charge on any atom is -0.467 e. The Morgan fingerprint density at radius 2 is 2.39 bits per heavy atom. The molecule has 3 rings (SSSR count). The number of ether oxygens (including phenoxy) is 1. The lowest BCUT2D eigenvalue weighted by atomic mass is 10.1. The van der Waals surface area contributed by atoms with Gasteiger partial charge in [-0.1, -0.05) is 6.92 Å². The molecule has 23 heavy (non-hydrogen) atoms. The van der Waals surface area contributed by atoms with Crippen LogP contribution in [0, 0.1) is 0 Å². The smallest absolute Gasteiger partial charge is 0.220 e. The molecule has 0 bridgehead atoms. The molecule has 1 N–H and O–H groups in total. The van der Waals surface area contributed by atoms with Crippen LogP contribution in [0.1, 0.15) is 42.5 Å². The van der Waals surface area contributed by atoms with E-state index in [1.54, 1.807) is 6.26 Å². The summed E-state index contributed by atoms with van der Waals surface area (Å²) in [5.41, 5.74) is 3.47. The number of aryl methyl sites for hydroxylation is 2. The molecule has 0 spiro atoms. The van der Waals surface area contributed by atoms with Crippen LogP contribution in [0.4, 0.5) is 0 Å². The number of carbonyl (C=O) groups excluding carboxylic acids is 1. The van der Waals surface area contributed by atoms with Crippen LogP contribution in [0.5, 0.6) is 0 Å². The number of fused-ring (bicyclic) bond motifs is 1. The Morgan fingerprint density at radius 1 is 1.48 bits per heavy atom. The molecule has 1 aliphatic rings. The van der Waals surface area contributed by atoms with Gasteiger partial charge in [0.15, 0.2) is 0 Å². The van der Waals surface area contributed by atoms with Crippen molar-refractivity contribution in [3.63, 3.8) is 0 Å². The van der Waals surface area contributed by atoms with E-state index in [9.17, 15) is 4.79 Å². The van der Waals surface area contributed by atoms with Gasteiger partial charge in [-0.3, -0.25) is 9.48 Å². The fourth-order valence-corrected chi connectivity index (χ4v) is 2.90. The summed E-state index contributed by atoms with van der Waals surface area (Å²) in [6.45, 7) is 4.87. The first-order valence-corrected chi connectivity index (χ1v) is 8.22. The lowest BCUT2D eigenvalue weighted by Gasteiger charge is -2.14. The predicted molar refractivity (Wildman–Crippen MR) is 84.8 cm³/mol. The van der Waals surface area contributed by atoms with Crippen molar-refractivity contribution < 1.29 is 13.9 Å². The highest BCUT2D eigenvalue weighted by Gasteiger charge is 2.21. The van der Waals surface area contributed by atoms with Crippen molar-refractivity contribution in [2.45, 2.75) is 52.3 Å². The second-order valence-corrected chi connectivity index (χ2v) is 5.75. The van der Waals surface area contributed by atoms with Crippen LogP contribution in [0.2, 0.25) is 0 Å². The van der Waals surface area contributed by atoms with Crippen molar-refractivity contribution in [1.82, 2.24) is 15.1 Å². The number of amides is 1. The summed E-state index contributed by atoms with van der Waals surface area (Å²) in [4.78, 5) is 12.0. The quantitative estimate of drug-likeness (QED) is 0.850. The highest BCUT2D eigenvalue weighted by atomic mass is 16.5. The second-order valence-electron chi connectivity index (χ2n) is 5.75. The Morgan fingerprint density at radius 3 is 3.17 bits per heavy atom. The van der Waals surface area contributed by atoms with Crippen LogP contribution in [0.25, 0.3) is 0 Å². The lowest BCUT2D eigenvalue weighted by Crippen LogP contribution is -2.23. The van der Waals surface area contributed by atoms with Crippen molar-refractivity contribution in [2.75, 3.05) is 6.61 Å². The van der Waals surface area contributed by atoms with Gasteiger partial charge in [0, 0.05) is 37.1 Å². The largest absolute Gasteiger partial charge is 0.467 e. The topological polar surface area (TPSA) is 69.3 Å². The van der Waals surface area contributed by atoms with Crippen molar-refractivity contribution >= 4 is 5.91 Å². The first-order chi connectivity index (χ1) is 11.3. The molecular formula is C17H23N3O3. The van der Waals surface area contributed by atoms with Gasteiger partial charge in [-0.05, 0) is 18.6 Å². The van der Waals surface area contributed by atoms with Crippen molar-refractivity contribution in [3.8, 4) is 0 Å². The first kappa shape index (κ1) is 15.8. The van der Waals surface area contributed by atoms with E-state index < -0.39 is 0 Å². The molecule has 0 radical (unpaired) electrons. The molecule has 1 amide bonds. The van der Waals surface area contributed by atoms with Gasteiger partial charge in [0.2, 0.25) is 5.91 Å². The standard InChI is InChI=1S/C17H23N3O3/c1-2-8-20-16-7-10-22-12-14(16)15(19-20)5-6-17(21)18-11-13-4-3-9-23-13/h3-4,9H,2,5-8,10-12H2,1H3,(H,18,21). The zero-order valence-corrected chi connectivity index (χ0v) is 13.5. The van der Waals surface area contributed by atoms with Crippen LogP contribution in [0.15, 0.2) is 22.8 Å². The molecule has 0 atom stereocenters. The first-order valence-electron chi connectivity index (χ1n) is 8.22. The van der Waals surface area contributed by atoms with Crippen LogP contribution in [-0.4, -0.2) is 22.3 Å². The Kier molecular flexibility index (Phi) is 5.12. The van der Waals surface area contributed by atoms with Gasteiger partial charge < -0.3 is 14.5 Å². The van der Waals surface area contributed by atoms with E-state index in [4.69, 9.17) is 14.3 Å². The summed E-state index contributed by atoms with van der Waals surface area (Å²) in [6, 6.07) is 3.66. The van der Waals surface area contributed by atoms with Crippen LogP contribution in [-0.2, 0) is 42.1 Å². The number of aromatic nitrogens is 2. The number of hydrogen-bond donors (Lipinski definition) is 1. The lowest BCUT2D eigenvalue weighted by molar-refractivity contribution is -0.121. The average molecular weight is 317 g/mol. The van der Waals surface area contributed by atoms with Gasteiger partial charge in [-0.25, -0.2) is 0 Å². The minimum atomic E-state index is 0.0110. The number of nitrogens with zero attached hydrogens (tertiary/aromatic N) is 2. The number of nitrogens with one attached hydrogen (secondary N) is 1. The molecule has 1 aliphatic heterocycles. The molecule has 0 saturated carbocycles. The average Bonchev–Trinajstić information content (AvgIpc) is 3.20. The molecule has 0 saturated heterocycles. The highest BCUT2D eigenvalue weighted by molar-refractivity contribution is 5.76. The van der Waals surface area contributed by atoms with Gasteiger partial charge in [0.05, 0.1) is 31.7 Å². The third-order valence-electron chi connectivity index (χ3n) is 4.04. The third kappa shape index (κ3) is 3.82. The van der Waals surface area contributed by atoms with E-state index in [1.165, 1.54) is 11.3 Å². The van der Waals surface area contributed by atoms with Gasteiger partial charge in [0.1, 0.15) is 5.76 Å². The normalized spacial score (nSPS) is 13.8. The number of furan rings is 1. The van der Waals surface area contributed by atoms with Crippen molar-refractivity contribution in [3.05, 3.63) is 41.1 Å². The van der Waals surface area contributed by atoms with Gasteiger partial charge in [-0.2, -0.15) is 5.10 Å². The molecule has 0 fully saturated rings. The van der Waals surface area contributed by atoms with Crippen LogP contribution < -0.4 is 5.32 Å². The van der Waals surface area contributed by atoms with E-state index in [0.717, 1.165) is 37.4 Å².